The van der Waals surface area contributed by atoms with Crippen molar-refractivity contribution in [1.82, 2.24) is 4.98 Å². The highest BCUT2D eigenvalue weighted by atomic mass is 19.1. The van der Waals surface area contributed by atoms with Crippen molar-refractivity contribution in [1.29, 1.82) is 0 Å². The molecule has 1 aliphatic carbocycles. The zero-order chi connectivity index (χ0) is 9.42. The lowest BCUT2D eigenvalue weighted by molar-refractivity contribution is 0.151. The molecule has 1 aromatic heterocycles. The van der Waals surface area contributed by atoms with E-state index in [9.17, 15) is 9.50 Å². The van der Waals surface area contributed by atoms with Gasteiger partial charge in [-0.1, -0.05) is 0 Å². The van der Waals surface area contributed by atoms with Crippen LogP contribution in [0.1, 0.15) is 35.9 Å². The number of fused-ring (bicyclic) bond motifs is 1. The van der Waals surface area contributed by atoms with Crippen molar-refractivity contribution < 1.29 is 9.50 Å². The fourth-order valence-electron chi connectivity index (χ4n) is 1.75. The van der Waals surface area contributed by atoms with Crippen LogP contribution >= 0.6 is 0 Å². The number of pyridine rings is 1. The topological polar surface area (TPSA) is 33.1 Å². The van der Waals surface area contributed by atoms with Crippen molar-refractivity contribution in [3.8, 4) is 0 Å². The molecule has 0 spiro atoms. The van der Waals surface area contributed by atoms with Gasteiger partial charge >= 0.3 is 0 Å². The summed E-state index contributed by atoms with van der Waals surface area (Å²) in [4.78, 5) is 4.07. The van der Waals surface area contributed by atoms with Crippen LogP contribution in [-0.2, 0) is 6.42 Å². The Balaban J connectivity index is 2.52. The number of rotatable bonds is 0. The van der Waals surface area contributed by atoms with Crippen LogP contribution in [0.5, 0.6) is 0 Å². The van der Waals surface area contributed by atoms with Gasteiger partial charge in [-0.2, -0.15) is 0 Å². The van der Waals surface area contributed by atoms with Crippen LogP contribution in [0.4, 0.5) is 4.39 Å². The van der Waals surface area contributed by atoms with E-state index < -0.39 is 6.10 Å². The third-order valence-electron chi connectivity index (χ3n) is 2.50. The van der Waals surface area contributed by atoms with Crippen LogP contribution in [0.15, 0.2) is 6.07 Å². The van der Waals surface area contributed by atoms with E-state index in [1.807, 2.05) is 0 Å². The monoisotopic (exact) mass is 181 g/mol. The van der Waals surface area contributed by atoms with Crippen molar-refractivity contribution in [2.45, 2.75) is 32.3 Å². The molecule has 1 N–H and O–H groups in total. The van der Waals surface area contributed by atoms with Gasteiger partial charge in [0.25, 0.3) is 0 Å². The van der Waals surface area contributed by atoms with Gasteiger partial charge in [-0.25, -0.2) is 4.39 Å². The molecular formula is C10H12FNO. The molecule has 2 nitrogen and oxygen atoms in total. The van der Waals surface area contributed by atoms with Crippen molar-refractivity contribution >= 4 is 0 Å². The predicted molar refractivity (Wildman–Crippen MR) is 46.8 cm³/mol. The standard InChI is InChI=1S/C10H12FNO/c1-6-8(11)5-7-3-2-4-9(13)10(7)12-6/h5,9,13H,2-4H2,1H3. The van der Waals surface area contributed by atoms with Gasteiger partial charge in [0.2, 0.25) is 0 Å². The van der Waals surface area contributed by atoms with Gasteiger partial charge < -0.3 is 5.11 Å². The molecular weight excluding hydrogens is 169 g/mol. The lowest BCUT2D eigenvalue weighted by Gasteiger charge is -2.20. The van der Waals surface area contributed by atoms with Gasteiger partial charge in [0.1, 0.15) is 5.82 Å². The van der Waals surface area contributed by atoms with E-state index in [0.29, 0.717) is 11.4 Å². The maximum atomic E-state index is 13.1. The number of aliphatic hydroxyl groups excluding tert-OH is 1. The van der Waals surface area contributed by atoms with E-state index >= 15 is 0 Å². The lowest BCUT2D eigenvalue weighted by Crippen LogP contribution is -2.13. The van der Waals surface area contributed by atoms with Gasteiger partial charge in [0, 0.05) is 0 Å². The first-order chi connectivity index (χ1) is 6.18. The number of nitrogens with zero attached hydrogens (tertiary/aromatic N) is 1. The van der Waals surface area contributed by atoms with Gasteiger partial charge in [0.05, 0.1) is 17.5 Å². The van der Waals surface area contributed by atoms with Crippen molar-refractivity contribution in [2.24, 2.45) is 0 Å². The third kappa shape index (κ3) is 1.44. The number of hydrogen-bond donors (Lipinski definition) is 1. The fraction of sp³-hybridized carbons (Fsp3) is 0.500. The van der Waals surface area contributed by atoms with E-state index in [1.54, 1.807) is 6.92 Å². The summed E-state index contributed by atoms with van der Waals surface area (Å²) < 4.78 is 13.1. The quantitative estimate of drug-likeness (QED) is 0.663. The Bertz CT molecular complexity index is 338. The first-order valence-corrected chi connectivity index (χ1v) is 4.52. The Hall–Kier alpha value is -0.960. The number of aromatic nitrogens is 1. The number of halogens is 1. The highest BCUT2D eigenvalue weighted by Crippen LogP contribution is 2.28. The molecule has 0 radical (unpaired) electrons. The van der Waals surface area contributed by atoms with Crippen LogP contribution in [-0.4, -0.2) is 10.1 Å². The van der Waals surface area contributed by atoms with E-state index in [1.165, 1.54) is 6.07 Å². The first kappa shape index (κ1) is 8.63. The summed E-state index contributed by atoms with van der Waals surface area (Å²) in [6.07, 6.45) is 1.99. The minimum atomic E-state index is -0.497. The molecule has 13 heavy (non-hydrogen) atoms. The summed E-state index contributed by atoms with van der Waals surface area (Å²) in [6.45, 7) is 1.62. The second-order valence-electron chi connectivity index (χ2n) is 3.51. The van der Waals surface area contributed by atoms with Crippen LogP contribution in [0.25, 0.3) is 0 Å². The fourth-order valence-corrected chi connectivity index (χ4v) is 1.75. The molecule has 0 bridgehead atoms. The van der Waals surface area contributed by atoms with E-state index in [0.717, 1.165) is 24.8 Å². The zero-order valence-electron chi connectivity index (χ0n) is 7.55. The largest absolute Gasteiger partial charge is 0.387 e. The summed E-state index contributed by atoms with van der Waals surface area (Å²) >= 11 is 0. The Morgan fingerprint density at radius 1 is 1.62 bits per heavy atom. The van der Waals surface area contributed by atoms with Gasteiger partial charge in [-0.15, -0.1) is 0 Å². The lowest BCUT2D eigenvalue weighted by atomic mass is 9.93. The van der Waals surface area contributed by atoms with Gasteiger partial charge in [-0.3, -0.25) is 4.98 Å². The van der Waals surface area contributed by atoms with E-state index in [2.05, 4.69) is 4.98 Å². The molecule has 3 heteroatoms. The molecule has 1 aliphatic rings. The summed E-state index contributed by atoms with van der Waals surface area (Å²) in [7, 11) is 0. The average Bonchev–Trinajstić information content (AvgIpc) is 2.09. The van der Waals surface area contributed by atoms with Crippen molar-refractivity contribution in [3.63, 3.8) is 0 Å². The molecule has 1 atom stereocenters. The molecule has 0 saturated heterocycles. The molecule has 2 rings (SSSR count). The van der Waals surface area contributed by atoms with E-state index in [-0.39, 0.29) is 5.82 Å². The number of aliphatic hydroxyl groups is 1. The number of aryl methyl sites for hydroxylation is 2. The Morgan fingerprint density at radius 3 is 3.15 bits per heavy atom. The third-order valence-corrected chi connectivity index (χ3v) is 2.50. The van der Waals surface area contributed by atoms with Gasteiger partial charge in [0.15, 0.2) is 0 Å². The molecule has 0 saturated carbocycles. The normalized spacial score (nSPS) is 21.3. The Kier molecular flexibility index (Phi) is 2.04. The smallest absolute Gasteiger partial charge is 0.144 e. The minimum absolute atomic E-state index is 0.271. The predicted octanol–water partition coefficient (Wildman–Crippen LogP) is 1.90. The molecule has 70 valence electrons. The second kappa shape index (κ2) is 3.07. The van der Waals surface area contributed by atoms with Crippen LogP contribution in [0.3, 0.4) is 0 Å². The average molecular weight is 181 g/mol. The molecule has 1 aromatic rings. The van der Waals surface area contributed by atoms with E-state index in [4.69, 9.17) is 0 Å². The molecule has 1 heterocycles. The summed E-state index contributed by atoms with van der Waals surface area (Å²) in [6, 6.07) is 1.50. The molecule has 0 amide bonds. The Labute approximate surface area is 76.4 Å². The van der Waals surface area contributed by atoms with Crippen LogP contribution in [0, 0.1) is 12.7 Å². The summed E-state index contributed by atoms with van der Waals surface area (Å²) in [5.41, 5.74) is 1.91. The minimum Gasteiger partial charge on any atom is -0.387 e. The zero-order valence-corrected chi connectivity index (χ0v) is 7.55. The molecule has 0 aromatic carbocycles. The Morgan fingerprint density at radius 2 is 2.38 bits per heavy atom. The highest BCUT2D eigenvalue weighted by molar-refractivity contribution is 5.27. The van der Waals surface area contributed by atoms with Gasteiger partial charge in [-0.05, 0) is 37.8 Å². The summed E-state index contributed by atoms with van der Waals surface area (Å²) in [5.74, 6) is -0.271. The second-order valence-corrected chi connectivity index (χ2v) is 3.51. The first-order valence-electron chi connectivity index (χ1n) is 4.52. The number of hydrogen-bond acceptors (Lipinski definition) is 2. The SMILES string of the molecule is Cc1nc2c(cc1F)CCCC2O. The highest BCUT2D eigenvalue weighted by Gasteiger charge is 2.20. The van der Waals surface area contributed by atoms with Crippen LogP contribution in [0.2, 0.25) is 0 Å². The maximum Gasteiger partial charge on any atom is 0.144 e. The van der Waals surface area contributed by atoms with Crippen molar-refractivity contribution in [2.75, 3.05) is 0 Å². The maximum absolute atomic E-state index is 13.1. The van der Waals surface area contributed by atoms with Crippen molar-refractivity contribution in [3.05, 3.63) is 28.8 Å². The molecule has 0 fully saturated rings. The molecule has 0 aliphatic heterocycles. The summed E-state index contributed by atoms with van der Waals surface area (Å²) in [5, 5.41) is 9.59. The van der Waals surface area contributed by atoms with Crippen LogP contribution < -0.4 is 0 Å². The molecule has 1 unspecified atom stereocenters.